The number of amides is 3. The molecule has 1 aromatic heterocycles. The fourth-order valence-corrected chi connectivity index (χ4v) is 1.57. The molecule has 1 aromatic rings. The Morgan fingerprint density at radius 2 is 2.12 bits per heavy atom. The van der Waals surface area contributed by atoms with E-state index in [9.17, 15) is 9.59 Å². The van der Waals surface area contributed by atoms with E-state index in [1.807, 2.05) is 0 Å². The van der Waals surface area contributed by atoms with Gasteiger partial charge in [-0.2, -0.15) is 5.10 Å². The van der Waals surface area contributed by atoms with Crippen LogP contribution >= 0.6 is 0 Å². The van der Waals surface area contributed by atoms with Crippen molar-refractivity contribution in [3.05, 3.63) is 12.2 Å². The van der Waals surface area contributed by atoms with Crippen molar-refractivity contribution >= 4 is 11.9 Å². The number of imide groups is 1. The molecule has 1 saturated heterocycles. The molecule has 1 fully saturated rings. The van der Waals surface area contributed by atoms with Gasteiger partial charge in [-0.3, -0.25) is 14.8 Å². The molecule has 1 N–H and O–H groups in total. The second-order valence-corrected chi connectivity index (χ2v) is 4.20. The van der Waals surface area contributed by atoms with Gasteiger partial charge in [0.05, 0.1) is 6.54 Å². The van der Waals surface area contributed by atoms with Gasteiger partial charge in [0.15, 0.2) is 0 Å². The van der Waals surface area contributed by atoms with E-state index in [1.165, 1.54) is 11.2 Å². The molecule has 0 saturated carbocycles. The Bertz CT molecular complexity index is 451. The normalized spacial score (nSPS) is 19.1. The lowest BCUT2D eigenvalue weighted by Crippen LogP contribution is -2.44. The summed E-state index contributed by atoms with van der Waals surface area (Å²) in [5, 5.41) is 6.19. The van der Waals surface area contributed by atoms with E-state index in [-0.39, 0.29) is 12.5 Å². The van der Waals surface area contributed by atoms with Crippen LogP contribution in [-0.2, 0) is 18.4 Å². The molecule has 2 rings (SSSR count). The van der Waals surface area contributed by atoms with Crippen LogP contribution < -0.4 is 5.32 Å². The monoisotopic (exact) mass is 223 g/mol. The van der Waals surface area contributed by atoms with Gasteiger partial charge in [0.2, 0.25) is 0 Å². The highest BCUT2D eigenvalue weighted by atomic mass is 16.2. The van der Waals surface area contributed by atoms with E-state index >= 15 is 0 Å². The molecule has 7 heteroatoms. The minimum atomic E-state index is -0.844. The Morgan fingerprint density at radius 1 is 1.44 bits per heavy atom. The van der Waals surface area contributed by atoms with Crippen LogP contribution in [0.5, 0.6) is 0 Å². The summed E-state index contributed by atoms with van der Waals surface area (Å²) < 4.78 is 1.58. The van der Waals surface area contributed by atoms with E-state index in [2.05, 4.69) is 15.4 Å². The molecule has 0 aromatic carbocycles. The highest BCUT2D eigenvalue weighted by molar-refractivity contribution is 6.06. The van der Waals surface area contributed by atoms with E-state index in [0.29, 0.717) is 5.82 Å². The average Bonchev–Trinajstić information content (AvgIpc) is 2.66. The maximum atomic E-state index is 11.6. The topological polar surface area (TPSA) is 80.1 Å². The third-order valence-corrected chi connectivity index (χ3v) is 2.80. The average molecular weight is 223 g/mol. The summed E-state index contributed by atoms with van der Waals surface area (Å²) in [6.45, 7) is 3.66. The zero-order chi connectivity index (χ0) is 11.9. The summed E-state index contributed by atoms with van der Waals surface area (Å²) in [6.07, 6.45) is 1.41. The summed E-state index contributed by atoms with van der Waals surface area (Å²) in [5.74, 6) is 0.345. The molecule has 0 unspecified atom stereocenters. The van der Waals surface area contributed by atoms with Crippen molar-refractivity contribution in [2.45, 2.75) is 25.9 Å². The maximum Gasteiger partial charge on any atom is 0.325 e. The third kappa shape index (κ3) is 1.44. The molecule has 7 nitrogen and oxygen atoms in total. The fourth-order valence-electron chi connectivity index (χ4n) is 1.57. The smallest absolute Gasteiger partial charge is 0.303 e. The van der Waals surface area contributed by atoms with E-state index in [0.717, 1.165) is 0 Å². The molecule has 16 heavy (non-hydrogen) atoms. The van der Waals surface area contributed by atoms with Crippen molar-refractivity contribution in [3.63, 3.8) is 0 Å². The lowest BCUT2D eigenvalue weighted by molar-refractivity contribution is -0.125. The lowest BCUT2D eigenvalue weighted by Gasteiger charge is -2.27. The Labute approximate surface area is 92.4 Å². The molecule has 0 aliphatic carbocycles. The Morgan fingerprint density at radius 3 is 2.56 bits per heavy atom. The number of hydrogen-bond acceptors (Lipinski definition) is 4. The number of nitrogens with one attached hydrogen (secondary N) is 1. The zero-order valence-electron chi connectivity index (χ0n) is 9.39. The summed E-state index contributed by atoms with van der Waals surface area (Å²) in [7, 11) is 1.74. The standard InChI is InChI=1S/C9H13N5O2/c1-9(2)7(15)12-8(16)14(9)4-6-10-5-11-13(6)3/h5H,4H2,1-3H3,(H,12,15,16). The number of hydrogen-bond donors (Lipinski definition) is 1. The van der Waals surface area contributed by atoms with Gasteiger partial charge in [-0.1, -0.05) is 0 Å². The minimum absolute atomic E-state index is 0.265. The Kier molecular flexibility index (Phi) is 2.18. The zero-order valence-corrected chi connectivity index (χ0v) is 9.39. The van der Waals surface area contributed by atoms with E-state index < -0.39 is 11.6 Å². The molecule has 3 amide bonds. The van der Waals surface area contributed by atoms with Crippen LogP contribution in [0.15, 0.2) is 6.33 Å². The van der Waals surface area contributed by atoms with Crippen LogP contribution in [0.2, 0.25) is 0 Å². The quantitative estimate of drug-likeness (QED) is 0.695. The number of carbonyl (C=O) groups is 2. The third-order valence-electron chi connectivity index (χ3n) is 2.80. The summed E-state index contributed by atoms with van der Waals surface area (Å²) >= 11 is 0. The molecule has 0 atom stereocenters. The number of urea groups is 1. The van der Waals surface area contributed by atoms with Crippen LogP contribution in [-0.4, -0.2) is 37.1 Å². The van der Waals surface area contributed by atoms with Crippen molar-refractivity contribution in [1.82, 2.24) is 25.0 Å². The van der Waals surface area contributed by atoms with Crippen molar-refractivity contribution in [2.24, 2.45) is 7.05 Å². The van der Waals surface area contributed by atoms with Gasteiger partial charge in [-0.15, -0.1) is 0 Å². The van der Waals surface area contributed by atoms with Crippen molar-refractivity contribution < 1.29 is 9.59 Å². The maximum absolute atomic E-state index is 11.6. The van der Waals surface area contributed by atoms with Gasteiger partial charge in [0, 0.05) is 7.05 Å². The number of nitrogens with zero attached hydrogens (tertiary/aromatic N) is 4. The molecule has 1 aliphatic heterocycles. The number of aromatic nitrogens is 3. The molecule has 0 bridgehead atoms. The molecular formula is C9H13N5O2. The first-order chi connectivity index (χ1) is 7.43. The number of rotatable bonds is 2. The first kappa shape index (κ1) is 10.6. The van der Waals surface area contributed by atoms with Gasteiger partial charge >= 0.3 is 6.03 Å². The van der Waals surface area contributed by atoms with Crippen LogP contribution in [0.25, 0.3) is 0 Å². The van der Waals surface area contributed by atoms with E-state index in [1.54, 1.807) is 25.6 Å². The van der Waals surface area contributed by atoms with Crippen LogP contribution in [0.3, 0.4) is 0 Å². The summed E-state index contributed by atoms with van der Waals surface area (Å²) in [5.41, 5.74) is -0.844. The van der Waals surface area contributed by atoms with Crippen molar-refractivity contribution in [2.75, 3.05) is 0 Å². The molecule has 2 heterocycles. The Hall–Kier alpha value is -1.92. The van der Waals surface area contributed by atoms with Crippen LogP contribution in [0, 0.1) is 0 Å². The summed E-state index contributed by atoms with van der Waals surface area (Å²) in [6, 6.07) is -0.391. The second kappa shape index (κ2) is 3.29. The summed E-state index contributed by atoms with van der Waals surface area (Å²) in [4.78, 5) is 28.6. The van der Waals surface area contributed by atoms with Crippen LogP contribution in [0.1, 0.15) is 19.7 Å². The Balaban J connectivity index is 2.25. The minimum Gasteiger partial charge on any atom is -0.303 e. The van der Waals surface area contributed by atoms with Gasteiger partial charge in [-0.25, -0.2) is 9.78 Å². The van der Waals surface area contributed by atoms with Gasteiger partial charge in [0.25, 0.3) is 5.91 Å². The highest BCUT2D eigenvalue weighted by Crippen LogP contribution is 2.22. The predicted octanol–water partition coefficient (Wildman–Crippen LogP) is -0.354. The first-order valence-electron chi connectivity index (χ1n) is 4.89. The second-order valence-electron chi connectivity index (χ2n) is 4.20. The van der Waals surface area contributed by atoms with Gasteiger partial charge < -0.3 is 4.90 Å². The largest absolute Gasteiger partial charge is 0.325 e. The highest BCUT2D eigenvalue weighted by Gasteiger charge is 2.45. The molecule has 1 aliphatic rings. The molecular weight excluding hydrogens is 210 g/mol. The van der Waals surface area contributed by atoms with Gasteiger partial charge in [-0.05, 0) is 13.8 Å². The van der Waals surface area contributed by atoms with Crippen molar-refractivity contribution in [1.29, 1.82) is 0 Å². The lowest BCUT2D eigenvalue weighted by atomic mass is 10.0. The number of aryl methyl sites for hydroxylation is 1. The molecule has 0 spiro atoms. The van der Waals surface area contributed by atoms with Crippen molar-refractivity contribution in [3.8, 4) is 0 Å². The van der Waals surface area contributed by atoms with E-state index in [4.69, 9.17) is 0 Å². The van der Waals surface area contributed by atoms with Crippen LogP contribution in [0.4, 0.5) is 4.79 Å². The molecule has 86 valence electrons. The number of carbonyl (C=O) groups excluding carboxylic acids is 2. The fraction of sp³-hybridized carbons (Fsp3) is 0.556. The molecule has 0 radical (unpaired) electrons. The predicted molar refractivity (Wildman–Crippen MR) is 54.2 cm³/mol. The van der Waals surface area contributed by atoms with Gasteiger partial charge in [0.1, 0.15) is 17.7 Å². The first-order valence-corrected chi connectivity index (χ1v) is 4.89. The SMILES string of the molecule is Cn1ncnc1CN1C(=O)NC(=O)C1(C)C.